The molecule has 1 atom stereocenters. The van der Waals surface area contributed by atoms with Crippen molar-refractivity contribution in [1.29, 1.82) is 0 Å². The number of benzene rings is 2. The lowest BCUT2D eigenvalue weighted by Crippen LogP contribution is -2.06. The molecule has 0 aromatic heterocycles. The van der Waals surface area contributed by atoms with Gasteiger partial charge in [0.2, 0.25) is 0 Å². The van der Waals surface area contributed by atoms with Crippen LogP contribution >= 0.6 is 11.8 Å². The fraction of sp³-hybridized carbons (Fsp3) is 0.278. The number of aliphatic imine (C=N–C) groups is 1. The molecule has 0 fully saturated rings. The zero-order valence-corrected chi connectivity index (χ0v) is 14.6. The highest BCUT2D eigenvalue weighted by molar-refractivity contribution is 8.13. The number of nitrogens with zero attached hydrogens (tertiary/aromatic N) is 2. The highest BCUT2D eigenvalue weighted by atomic mass is 32.2. The van der Waals surface area contributed by atoms with Crippen LogP contribution in [0.1, 0.15) is 37.3 Å². The molecule has 6 heteroatoms. The van der Waals surface area contributed by atoms with Gasteiger partial charge in [0.1, 0.15) is 0 Å². The predicted molar refractivity (Wildman–Crippen MR) is 101 cm³/mol. The minimum Gasteiger partial charge on any atom is -0.378 e. The molecule has 126 valence electrons. The fourth-order valence-electron chi connectivity index (χ4n) is 2.14. The summed E-state index contributed by atoms with van der Waals surface area (Å²) in [6, 6.07) is 14.6. The van der Waals surface area contributed by atoms with Gasteiger partial charge in [0.25, 0.3) is 5.69 Å². The molecule has 0 amide bonds. The first-order chi connectivity index (χ1) is 11.5. The molecular formula is C18H21N3O2S. The lowest BCUT2D eigenvalue weighted by Gasteiger charge is -2.08. The van der Waals surface area contributed by atoms with E-state index >= 15 is 0 Å². The van der Waals surface area contributed by atoms with Crippen molar-refractivity contribution >= 4 is 28.3 Å². The van der Waals surface area contributed by atoms with Gasteiger partial charge >= 0.3 is 0 Å². The SMILES string of the molecule is CC[C@@H](C)c1ccc(N=C(N)SCc2ccc([N+](=O)[O-])cc2)cc1. The smallest absolute Gasteiger partial charge is 0.269 e. The van der Waals surface area contributed by atoms with Crippen molar-refractivity contribution in [3.05, 3.63) is 69.8 Å². The van der Waals surface area contributed by atoms with Crippen LogP contribution in [0.15, 0.2) is 53.5 Å². The van der Waals surface area contributed by atoms with Crippen molar-refractivity contribution in [1.82, 2.24) is 0 Å². The minimum atomic E-state index is -0.407. The van der Waals surface area contributed by atoms with Crippen molar-refractivity contribution in [3.8, 4) is 0 Å². The van der Waals surface area contributed by atoms with Gasteiger partial charge in [0.05, 0.1) is 10.6 Å². The van der Waals surface area contributed by atoms with Gasteiger partial charge in [-0.05, 0) is 35.6 Å². The summed E-state index contributed by atoms with van der Waals surface area (Å²) in [5.41, 5.74) is 9.15. The van der Waals surface area contributed by atoms with E-state index in [0.717, 1.165) is 17.7 Å². The van der Waals surface area contributed by atoms with Crippen molar-refractivity contribution in [2.75, 3.05) is 0 Å². The topological polar surface area (TPSA) is 81.5 Å². The Bertz CT molecular complexity index is 712. The number of rotatable bonds is 6. The summed E-state index contributed by atoms with van der Waals surface area (Å²) in [6.07, 6.45) is 1.11. The van der Waals surface area contributed by atoms with Crippen LogP contribution in [0, 0.1) is 10.1 Å². The molecule has 0 heterocycles. The molecule has 24 heavy (non-hydrogen) atoms. The number of thioether (sulfide) groups is 1. The molecule has 0 unspecified atom stereocenters. The molecule has 0 saturated carbocycles. The zero-order valence-electron chi connectivity index (χ0n) is 13.8. The summed E-state index contributed by atoms with van der Waals surface area (Å²) < 4.78 is 0. The Labute approximate surface area is 146 Å². The Morgan fingerprint density at radius 1 is 1.21 bits per heavy atom. The summed E-state index contributed by atoms with van der Waals surface area (Å²) in [6.45, 7) is 4.37. The third kappa shape index (κ3) is 5.09. The van der Waals surface area contributed by atoms with Crippen molar-refractivity contribution in [2.24, 2.45) is 10.7 Å². The molecule has 2 rings (SSSR count). The number of nitro benzene ring substituents is 1. The van der Waals surface area contributed by atoms with Crippen LogP contribution in [-0.2, 0) is 5.75 Å². The first-order valence-electron chi connectivity index (χ1n) is 7.80. The largest absolute Gasteiger partial charge is 0.378 e. The van der Waals surface area contributed by atoms with Gasteiger partial charge in [-0.1, -0.05) is 49.9 Å². The van der Waals surface area contributed by atoms with Crippen LogP contribution in [0.25, 0.3) is 0 Å². The molecule has 0 spiro atoms. The van der Waals surface area contributed by atoms with Crippen LogP contribution in [0.5, 0.6) is 0 Å². The molecule has 2 aromatic carbocycles. The molecule has 0 aliphatic heterocycles. The highest BCUT2D eigenvalue weighted by Gasteiger charge is 2.05. The van der Waals surface area contributed by atoms with Gasteiger partial charge < -0.3 is 5.73 Å². The lowest BCUT2D eigenvalue weighted by molar-refractivity contribution is -0.384. The van der Waals surface area contributed by atoms with E-state index in [1.54, 1.807) is 12.1 Å². The quantitative estimate of drug-likeness (QED) is 0.347. The summed E-state index contributed by atoms with van der Waals surface area (Å²) in [5, 5.41) is 11.1. The first-order valence-corrected chi connectivity index (χ1v) is 8.78. The number of nitrogens with two attached hydrogens (primary N) is 1. The highest BCUT2D eigenvalue weighted by Crippen LogP contribution is 2.23. The number of amidine groups is 1. The lowest BCUT2D eigenvalue weighted by atomic mass is 9.99. The molecule has 2 N–H and O–H groups in total. The summed E-state index contributed by atoms with van der Waals surface area (Å²) >= 11 is 1.41. The fourth-order valence-corrected chi connectivity index (χ4v) is 2.82. The number of hydrogen-bond acceptors (Lipinski definition) is 4. The standard InChI is InChI=1S/C18H21N3O2S/c1-3-13(2)15-6-8-16(9-7-15)20-18(19)24-12-14-4-10-17(11-5-14)21(22)23/h4-11,13H,3,12H2,1-2H3,(H2,19,20)/t13-/m1/s1. The summed E-state index contributed by atoms with van der Waals surface area (Å²) in [5.74, 6) is 1.16. The van der Waals surface area contributed by atoms with Gasteiger partial charge in [-0.15, -0.1) is 0 Å². The zero-order chi connectivity index (χ0) is 17.5. The monoisotopic (exact) mass is 343 g/mol. The second-order valence-corrected chi connectivity index (χ2v) is 6.56. The predicted octanol–water partition coefficient (Wildman–Crippen LogP) is 4.99. The normalized spacial score (nSPS) is 12.8. The van der Waals surface area contributed by atoms with Gasteiger partial charge in [-0.25, -0.2) is 4.99 Å². The summed E-state index contributed by atoms with van der Waals surface area (Å²) in [7, 11) is 0. The van der Waals surface area contributed by atoms with E-state index in [9.17, 15) is 10.1 Å². The molecule has 5 nitrogen and oxygen atoms in total. The van der Waals surface area contributed by atoms with Crippen molar-refractivity contribution in [2.45, 2.75) is 31.9 Å². The average Bonchev–Trinajstić information content (AvgIpc) is 2.60. The van der Waals surface area contributed by atoms with Gasteiger partial charge in [-0.2, -0.15) is 0 Å². The van der Waals surface area contributed by atoms with Crippen LogP contribution in [0.4, 0.5) is 11.4 Å². The van der Waals surface area contributed by atoms with Crippen molar-refractivity contribution in [3.63, 3.8) is 0 Å². The Morgan fingerprint density at radius 2 is 1.83 bits per heavy atom. The Morgan fingerprint density at radius 3 is 2.38 bits per heavy atom. The average molecular weight is 343 g/mol. The second-order valence-electron chi connectivity index (χ2n) is 5.56. The summed E-state index contributed by atoms with van der Waals surface area (Å²) in [4.78, 5) is 14.6. The molecular weight excluding hydrogens is 322 g/mol. The van der Waals surface area contributed by atoms with Gasteiger partial charge in [0.15, 0.2) is 5.17 Å². The van der Waals surface area contributed by atoms with Crippen LogP contribution in [0.2, 0.25) is 0 Å². The molecule has 0 radical (unpaired) electrons. The van der Waals surface area contributed by atoms with E-state index in [1.807, 2.05) is 12.1 Å². The van der Waals surface area contributed by atoms with E-state index < -0.39 is 4.92 Å². The number of hydrogen-bond donors (Lipinski definition) is 1. The van der Waals surface area contributed by atoms with Gasteiger partial charge in [-0.3, -0.25) is 10.1 Å². The maximum absolute atomic E-state index is 10.6. The third-order valence-corrected chi connectivity index (χ3v) is 4.71. The Balaban J connectivity index is 1.95. The number of non-ortho nitro benzene ring substituents is 1. The van der Waals surface area contributed by atoms with E-state index in [4.69, 9.17) is 5.73 Å². The molecule has 2 aromatic rings. The van der Waals surface area contributed by atoms with Crippen LogP contribution in [0.3, 0.4) is 0 Å². The maximum Gasteiger partial charge on any atom is 0.269 e. The van der Waals surface area contributed by atoms with E-state index in [0.29, 0.717) is 16.8 Å². The number of nitro groups is 1. The van der Waals surface area contributed by atoms with E-state index in [2.05, 4.69) is 31.0 Å². The van der Waals surface area contributed by atoms with E-state index in [1.165, 1.54) is 29.5 Å². The van der Waals surface area contributed by atoms with E-state index in [-0.39, 0.29) is 5.69 Å². The molecule has 0 bridgehead atoms. The third-order valence-electron chi connectivity index (χ3n) is 3.85. The molecule has 0 saturated heterocycles. The second kappa shape index (κ2) is 8.49. The Hall–Kier alpha value is -2.34. The van der Waals surface area contributed by atoms with Crippen LogP contribution < -0.4 is 5.73 Å². The maximum atomic E-state index is 10.6. The first kappa shape index (κ1) is 18.0. The van der Waals surface area contributed by atoms with Crippen molar-refractivity contribution < 1.29 is 4.92 Å². The Kier molecular flexibility index (Phi) is 6.37. The molecule has 0 aliphatic rings. The van der Waals surface area contributed by atoms with Gasteiger partial charge in [0, 0.05) is 17.9 Å². The minimum absolute atomic E-state index is 0.0896. The van der Waals surface area contributed by atoms with Crippen LogP contribution in [-0.4, -0.2) is 10.1 Å². The molecule has 0 aliphatic carbocycles.